The van der Waals surface area contributed by atoms with Gasteiger partial charge in [0.15, 0.2) is 0 Å². The highest BCUT2D eigenvalue weighted by Crippen LogP contribution is 2.15. The van der Waals surface area contributed by atoms with Gasteiger partial charge in [0.05, 0.1) is 6.10 Å². The van der Waals surface area contributed by atoms with Crippen molar-refractivity contribution >= 4 is 5.97 Å². The molecule has 0 aliphatic heterocycles. The summed E-state index contributed by atoms with van der Waals surface area (Å²) in [6.45, 7) is 3.57. The van der Waals surface area contributed by atoms with E-state index in [-0.39, 0.29) is 18.6 Å². The van der Waals surface area contributed by atoms with Crippen LogP contribution in [0, 0.1) is 0 Å². The van der Waals surface area contributed by atoms with Crippen molar-refractivity contribution in [3.63, 3.8) is 0 Å². The number of aliphatic hydroxyl groups is 1. The Labute approximate surface area is 154 Å². The molecule has 25 heavy (non-hydrogen) atoms. The lowest BCUT2D eigenvalue weighted by molar-refractivity contribution is -0.137. The number of hydrogen-bond acceptors (Lipinski definition) is 4. The van der Waals surface area contributed by atoms with Gasteiger partial charge in [-0.15, -0.1) is 0 Å². The summed E-state index contributed by atoms with van der Waals surface area (Å²) in [5.74, 6) is -0.705. The van der Waals surface area contributed by atoms with Crippen molar-refractivity contribution in [1.29, 1.82) is 0 Å². The zero-order valence-corrected chi connectivity index (χ0v) is 16.3. The van der Waals surface area contributed by atoms with E-state index in [2.05, 4.69) is 12.2 Å². The molecule has 0 saturated heterocycles. The fourth-order valence-corrected chi connectivity index (χ4v) is 3.21. The Kier molecular flexibility index (Phi) is 17.7. The number of unbranched alkanes of at least 4 members (excludes halogenated alkanes) is 9. The van der Waals surface area contributed by atoms with Gasteiger partial charge >= 0.3 is 5.97 Å². The van der Waals surface area contributed by atoms with Gasteiger partial charge in [0, 0.05) is 25.6 Å². The first-order valence-corrected chi connectivity index (χ1v) is 10.4. The Hall–Kier alpha value is -0.650. The Morgan fingerprint density at radius 3 is 2.08 bits per heavy atom. The van der Waals surface area contributed by atoms with Crippen molar-refractivity contribution < 1.29 is 15.0 Å². The third-order valence-corrected chi connectivity index (χ3v) is 4.77. The average Bonchev–Trinajstić information content (AvgIpc) is 2.59. The van der Waals surface area contributed by atoms with E-state index in [4.69, 9.17) is 10.8 Å². The van der Waals surface area contributed by atoms with Crippen LogP contribution in [0.1, 0.15) is 96.8 Å². The van der Waals surface area contributed by atoms with Crippen LogP contribution in [0.3, 0.4) is 0 Å². The second-order valence-electron chi connectivity index (χ2n) is 7.17. The molecule has 0 heterocycles. The highest BCUT2D eigenvalue weighted by Gasteiger charge is 2.17. The molecule has 0 amide bonds. The largest absolute Gasteiger partial charge is 0.481 e. The Morgan fingerprint density at radius 1 is 0.920 bits per heavy atom. The fourth-order valence-electron chi connectivity index (χ4n) is 3.21. The zero-order chi connectivity index (χ0) is 18.8. The molecule has 0 spiro atoms. The molecule has 0 saturated carbocycles. The van der Waals surface area contributed by atoms with Crippen molar-refractivity contribution in [3.8, 4) is 0 Å². The second-order valence-corrected chi connectivity index (χ2v) is 7.17. The molecule has 0 radical (unpaired) electrons. The standard InChI is InChI=1S/C20H42N2O3/c1-2-3-4-5-8-11-14-19(23)18(22-17-16-21)13-10-7-6-9-12-15-20(24)25/h18-19,22-23H,2-17,21H2,1H3,(H,24,25). The molecule has 150 valence electrons. The first-order valence-electron chi connectivity index (χ1n) is 10.4. The predicted molar refractivity (Wildman–Crippen MR) is 105 cm³/mol. The van der Waals surface area contributed by atoms with E-state index < -0.39 is 5.97 Å². The SMILES string of the molecule is CCCCCCCCC(O)C(CCCCCCCC(=O)O)NCCN. The van der Waals surface area contributed by atoms with Gasteiger partial charge in [-0.3, -0.25) is 4.79 Å². The van der Waals surface area contributed by atoms with Crippen LogP contribution >= 0.6 is 0 Å². The van der Waals surface area contributed by atoms with Crippen LogP contribution in [0.4, 0.5) is 0 Å². The van der Waals surface area contributed by atoms with Crippen LogP contribution in [-0.4, -0.2) is 41.4 Å². The number of hydrogen-bond donors (Lipinski definition) is 4. The predicted octanol–water partition coefficient (Wildman–Crippen LogP) is 3.83. The number of rotatable bonds is 19. The van der Waals surface area contributed by atoms with E-state index in [1.807, 2.05) is 0 Å². The minimum Gasteiger partial charge on any atom is -0.481 e. The van der Waals surface area contributed by atoms with Crippen LogP contribution in [0.2, 0.25) is 0 Å². The molecule has 5 N–H and O–H groups in total. The minimum atomic E-state index is -0.705. The van der Waals surface area contributed by atoms with Gasteiger partial charge in [0.25, 0.3) is 0 Å². The maximum Gasteiger partial charge on any atom is 0.303 e. The maximum absolute atomic E-state index is 10.5. The number of aliphatic carboxylic acids is 1. The lowest BCUT2D eigenvalue weighted by atomic mass is 9.97. The summed E-state index contributed by atoms with van der Waals surface area (Å²) in [5.41, 5.74) is 5.59. The van der Waals surface area contributed by atoms with Crippen LogP contribution in [-0.2, 0) is 4.79 Å². The lowest BCUT2D eigenvalue weighted by Crippen LogP contribution is -2.42. The van der Waals surface area contributed by atoms with Gasteiger partial charge in [-0.2, -0.15) is 0 Å². The van der Waals surface area contributed by atoms with Crippen LogP contribution in [0.25, 0.3) is 0 Å². The van der Waals surface area contributed by atoms with E-state index in [1.54, 1.807) is 0 Å². The third-order valence-electron chi connectivity index (χ3n) is 4.77. The smallest absolute Gasteiger partial charge is 0.303 e. The summed E-state index contributed by atoms with van der Waals surface area (Å²) in [6, 6.07) is 0.137. The summed E-state index contributed by atoms with van der Waals surface area (Å²) in [4.78, 5) is 10.5. The van der Waals surface area contributed by atoms with E-state index in [0.29, 0.717) is 6.54 Å². The molecule has 2 unspecified atom stereocenters. The highest BCUT2D eigenvalue weighted by atomic mass is 16.4. The van der Waals surface area contributed by atoms with Crippen LogP contribution in [0.15, 0.2) is 0 Å². The minimum absolute atomic E-state index is 0.137. The quantitative estimate of drug-likeness (QED) is 0.263. The van der Waals surface area contributed by atoms with Crippen molar-refractivity contribution in [2.75, 3.05) is 13.1 Å². The number of aliphatic hydroxyl groups excluding tert-OH is 1. The summed E-state index contributed by atoms with van der Waals surface area (Å²) < 4.78 is 0. The molecule has 0 aliphatic rings. The number of carboxylic acid groups (broad SMARTS) is 1. The van der Waals surface area contributed by atoms with Gasteiger partial charge in [-0.25, -0.2) is 0 Å². The summed E-state index contributed by atoms with van der Waals surface area (Å²) >= 11 is 0. The molecule has 0 aliphatic carbocycles. The fraction of sp³-hybridized carbons (Fsp3) is 0.950. The third kappa shape index (κ3) is 16.6. The molecule has 0 bridgehead atoms. The summed E-state index contributed by atoms with van der Waals surface area (Å²) in [7, 11) is 0. The average molecular weight is 359 g/mol. The molecular weight excluding hydrogens is 316 g/mol. The Bertz CT molecular complexity index is 301. The number of carboxylic acids is 1. The van der Waals surface area contributed by atoms with Crippen LogP contribution in [0.5, 0.6) is 0 Å². The summed E-state index contributed by atoms with van der Waals surface area (Å²) in [5, 5.41) is 22.5. The Balaban J connectivity index is 3.83. The molecule has 2 atom stereocenters. The second kappa shape index (κ2) is 18.2. The topological polar surface area (TPSA) is 95.6 Å². The summed E-state index contributed by atoms with van der Waals surface area (Å²) in [6.07, 6.45) is 14.3. The number of nitrogens with one attached hydrogen (secondary N) is 1. The van der Waals surface area contributed by atoms with Crippen LogP contribution < -0.4 is 11.1 Å². The van der Waals surface area contributed by atoms with Gasteiger partial charge in [-0.1, -0.05) is 71.1 Å². The molecule has 0 rings (SSSR count). The molecule has 0 aromatic rings. The first-order chi connectivity index (χ1) is 12.1. The van der Waals surface area contributed by atoms with E-state index in [9.17, 15) is 9.90 Å². The number of nitrogens with two attached hydrogens (primary N) is 1. The van der Waals surface area contributed by atoms with Gasteiger partial charge in [0.1, 0.15) is 0 Å². The number of carbonyl (C=O) groups is 1. The van der Waals surface area contributed by atoms with Crippen molar-refractivity contribution in [1.82, 2.24) is 5.32 Å². The van der Waals surface area contributed by atoms with E-state index in [0.717, 1.165) is 57.9 Å². The normalized spacial score (nSPS) is 13.7. The molecule has 0 aromatic carbocycles. The molecule has 0 fully saturated rings. The molecule has 5 nitrogen and oxygen atoms in total. The van der Waals surface area contributed by atoms with Crippen molar-refractivity contribution in [2.45, 2.75) is 109 Å². The van der Waals surface area contributed by atoms with E-state index >= 15 is 0 Å². The Morgan fingerprint density at radius 2 is 1.48 bits per heavy atom. The van der Waals surface area contributed by atoms with Crippen molar-refractivity contribution in [3.05, 3.63) is 0 Å². The van der Waals surface area contributed by atoms with Crippen molar-refractivity contribution in [2.24, 2.45) is 5.73 Å². The molecular formula is C20H42N2O3. The zero-order valence-electron chi connectivity index (χ0n) is 16.3. The maximum atomic E-state index is 10.5. The van der Waals surface area contributed by atoms with E-state index in [1.165, 1.54) is 32.1 Å². The first kappa shape index (κ1) is 24.4. The van der Waals surface area contributed by atoms with Gasteiger partial charge < -0.3 is 21.3 Å². The van der Waals surface area contributed by atoms with Gasteiger partial charge in [0.2, 0.25) is 0 Å². The lowest BCUT2D eigenvalue weighted by Gasteiger charge is -2.24. The monoisotopic (exact) mass is 358 g/mol. The molecule has 5 heteroatoms. The highest BCUT2D eigenvalue weighted by molar-refractivity contribution is 5.66. The molecule has 0 aromatic heterocycles. The van der Waals surface area contributed by atoms with Gasteiger partial charge in [-0.05, 0) is 19.3 Å².